The minimum absolute atomic E-state index is 0.108. The van der Waals surface area contributed by atoms with Crippen molar-refractivity contribution in [2.24, 2.45) is 0 Å². The van der Waals surface area contributed by atoms with Gasteiger partial charge >= 0.3 is 0 Å². The number of aromatic nitrogens is 2. The number of rotatable bonds is 4. The lowest BCUT2D eigenvalue weighted by atomic mass is 10.2. The predicted molar refractivity (Wildman–Crippen MR) is 113 cm³/mol. The molecule has 7 nitrogen and oxygen atoms in total. The van der Waals surface area contributed by atoms with Crippen LogP contribution < -0.4 is 10.6 Å². The van der Waals surface area contributed by atoms with Gasteiger partial charge in [0.2, 0.25) is 5.82 Å². The van der Waals surface area contributed by atoms with Gasteiger partial charge < -0.3 is 10.6 Å². The maximum Gasteiger partial charge on any atom is 0.292 e. The summed E-state index contributed by atoms with van der Waals surface area (Å²) in [6.07, 6.45) is 1.69. The van der Waals surface area contributed by atoms with Crippen LogP contribution in [0.3, 0.4) is 0 Å². The molecule has 0 radical (unpaired) electrons. The molecule has 0 atom stereocenters. The number of benzene rings is 2. The van der Waals surface area contributed by atoms with Gasteiger partial charge in [0.1, 0.15) is 0 Å². The molecule has 0 bridgehead atoms. The number of hydrogen-bond acceptors (Lipinski definition) is 4. The van der Waals surface area contributed by atoms with Crippen molar-refractivity contribution in [3.63, 3.8) is 0 Å². The van der Waals surface area contributed by atoms with Gasteiger partial charge in [0.05, 0.1) is 17.1 Å². The molecule has 0 aliphatic heterocycles. The summed E-state index contributed by atoms with van der Waals surface area (Å²) in [6, 6.07) is 21.2. The quantitative estimate of drug-likeness (QED) is 0.545. The maximum absolute atomic E-state index is 12.8. The summed E-state index contributed by atoms with van der Waals surface area (Å²) < 4.78 is 1.58. The van der Waals surface area contributed by atoms with Crippen LogP contribution in [-0.4, -0.2) is 21.2 Å². The lowest BCUT2D eigenvalue weighted by Crippen LogP contribution is -2.16. The van der Waals surface area contributed by atoms with Crippen molar-refractivity contribution >= 4 is 28.7 Å². The molecule has 7 heteroatoms. The molecule has 0 spiro atoms. The Labute approximate surface area is 172 Å². The summed E-state index contributed by atoms with van der Waals surface area (Å²) in [7, 11) is 0. The highest BCUT2D eigenvalue weighted by Crippen LogP contribution is 2.18. The number of hydrogen-bond donors (Lipinski definition) is 2. The first-order valence-corrected chi connectivity index (χ1v) is 9.22. The van der Waals surface area contributed by atoms with Gasteiger partial charge in [-0.05, 0) is 61.0 Å². The molecule has 2 amide bonds. The molecular formula is C23H17N5O2. The third kappa shape index (κ3) is 3.75. The van der Waals surface area contributed by atoms with E-state index in [1.165, 1.54) is 0 Å². The van der Waals surface area contributed by atoms with Gasteiger partial charge in [0, 0.05) is 17.6 Å². The van der Waals surface area contributed by atoms with E-state index in [0.29, 0.717) is 22.5 Å². The van der Waals surface area contributed by atoms with Crippen LogP contribution in [0.4, 0.5) is 11.4 Å². The third-order valence-electron chi connectivity index (χ3n) is 4.51. The van der Waals surface area contributed by atoms with E-state index in [1.54, 1.807) is 59.1 Å². The number of imidazole rings is 1. The molecule has 0 fully saturated rings. The van der Waals surface area contributed by atoms with Gasteiger partial charge in [-0.1, -0.05) is 18.2 Å². The first kappa shape index (κ1) is 18.9. The molecule has 4 rings (SSSR count). The highest BCUT2D eigenvalue weighted by Gasteiger charge is 2.21. The Kier molecular flexibility index (Phi) is 4.97. The van der Waals surface area contributed by atoms with E-state index in [1.807, 2.05) is 31.2 Å². The van der Waals surface area contributed by atoms with Crippen molar-refractivity contribution < 1.29 is 9.59 Å². The number of carbonyl (C=O) groups is 2. The molecule has 2 aromatic heterocycles. The van der Waals surface area contributed by atoms with Gasteiger partial charge in [0.15, 0.2) is 5.69 Å². The van der Waals surface area contributed by atoms with Gasteiger partial charge in [0.25, 0.3) is 11.8 Å². The summed E-state index contributed by atoms with van der Waals surface area (Å²) in [5, 5.41) is 14.5. The summed E-state index contributed by atoms with van der Waals surface area (Å²) >= 11 is 0. The standard InChI is InChI=1S/C23H17N5O2/c1-15-5-4-6-18(13-15)26-23(30)21-27-20(19-7-2-3-12-28(19)21)22(29)25-17-10-8-16(14-24)9-11-17/h2-13H,1H3,(H,25,29)(H,26,30). The average Bonchev–Trinajstić information content (AvgIpc) is 3.14. The van der Waals surface area contributed by atoms with Crippen molar-refractivity contribution in [2.75, 3.05) is 10.6 Å². The van der Waals surface area contributed by atoms with Gasteiger partial charge in [-0.2, -0.15) is 5.26 Å². The Balaban J connectivity index is 1.65. The van der Waals surface area contributed by atoms with Crippen LogP contribution in [0.2, 0.25) is 0 Å². The molecule has 0 aliphatic rings. The van der Waals surface area contributed by atoms with E-state index in [0.717, 1.165) is 5.56 Å². The zero-order valence-corrected chi connectivity index (χ0v) is 16.1. The zero-order valence-electron chi connectivity index (χ0n) is 16.1. The number of pyridine rings is 1. The first-order chi connectivity index (χ1) is 14.5. The van der Waals surface area contributed by atoms with Gasteiger partial charge in [-0.15, -0.1) is 0 Å². The molecular weight excluding hydrogens is 378 g/mol. The summed E-state index contributed by atoms with van der Waals surface area (Å²) in [4.78, 5) is 30.0. The Morgan fingerprint density at radius 3 is 2.43 bits per heavy atom. The van der Waals surface area contributed by atoms with Crippen molar-refractivity contribution in [1.29, 1.82) is 5.26 Å². The fourth-order valence-corrected chi connectivity index (χ4v) is 3.09. The molecule has 0 saturated heterocycles. The molecule has 4 aromatic rings. The molecule has 2 heterocycles. The fourth-order valence-electron chi connectivity index (χ4n) is 3.09. The second kappa shape index (κ2) is 7.89. The molecule has 0 aliphatic carbocycles. The molecule has 2 N–H and O–H groups in total. The minimum atomic E-state index is -0.446. The van der Waals surface area contributed by atoms with Crippen LogP contribution in [0.25, 0.3) is 5.52 Å². The number of anilines is 2. The number of nitrogens with one attached hydrogen (secondary N) is 2. The molecule has 146 valence electrons. The normalized spacial score (nSPS) is 10.4. The van der Waals surface area contributed by atoms with Gasteiger partial charge in [-0.3, -0.25) is 14.0 Å². The lowest BCUT2D eigenvalue weighted by Gasteiger charge is -2.05. The van der Waals surface area contributed by atoms with Crippen LogP contribution in [0.15, 0.2) is 72.9 Å². The number of carbonyl (C=O) groups excluding carboxylic acids is 2. The SMILES string of the molecule is Cc1cccc(NC(=O)c2nc(C(=O)Nc3ccc(C#N)cc3)c3ccccn23)c1. The Morgan fingerprint density at radius 2 is 1.70 bits per heavy atom. The van der Waals surface area contributed by atoms with Crippen LogP contribution in [0, 0.1) is 18.3 Å². The maximum atomic E-state index is 12.8. The van der Waals surface area contributed by atoms with Crippen molar-refractivity contribution in [3.8, 4) is 6.07 Å². The largest absolute Gasteiger partial charge is 0.321 e. The zero-order chi connectivity index (χ0) is 21.1. The topological polar surface area (TPSA) is 99.3 Å². The number of aryl methyl sites for hydroxylation is 1. The summed E-state index contributed by atoms with van der Waals surface area (Å²) in [6.45, 7) is 1.94. The van der Waals surface area contributed by atoms with E-state index in [2.05, 4.69) is 15.6 Å². The van der Waals surface area contributed by atoms with Gasteiger partial charge in [-0.25, -0.2) is 4.98 Å². The monoisotopic (exact) mass is 395 g/mol. The van der Waals surface area contributed by atoms with E-state index in [4.69, 9.17) is 5.26 Å². The number of amides is 2. The predicted octanol–water partition coefficient (Wildman–Crippen LogP) is 4.02. The summed E-state index contributed by atoms with van der Waals surface area (Å²) in [5.41, 5.74) is 3.34. The molecule has 0 saturated carbocycles. The molecule has 30 heavy (non-hydrogen) atoms. The Hall–Kier alpha value is -4.44. The molecule has 0 unspecified atom stereocenters. The second-order valence-electron chi connectivity index (χ2n) is 6.71. The third-order valence-corrected chi connectivity index (χ3v) is 4.51. The first-order valence-electron chi connectivity index (χ1n) is 9.22. The smallest absolute Gasteiger partial charge is 0.292 e. The van der Waals surface area contributed by atoms with E-state index in [9.17, 15) is 9.59 Å². The minimum Gasteiger partial charge on any atom is -0.321 e. The van der Waals surface area contributed by atoms with Crippen LogP contribution in [0.5, 0.6) is 0 Å². The Bertz CT molecular complexity index is 1300. The number of nitriles is 1. The van der Waals surface area contributed by atoms with E-state index >= 15 is 0 Å². The average molecular weight is 395 g/mol. The van der Waals surface area contributed by atoms with Crippen molar-refractivity contribution in [3.05, 3.63) is 95.6 Å². The number of nitrogens with zero attached hydrogens (tertiary/aromatic N) is 3. The van der Waals surface area contributed by atoms with Crippen LogP contribution >= 0.6 is 0 Å². The molecule has 2 aromatic carbocycles. The van der Waals surface area contributed by atoms with Crippen LogP contribution in [-0.2, 0) is 0 Å². The highest BCUT2D eigenvalue weighted by molar-refractivity contribution is 6.10. The second-order valence-corrected chi connectivity index (χ2v) is 6.71. The van der Waals surface area contributed by atoms with Crippen molar-refractivity contribution in [1.82, 2.24) is 9.38 Å². The van der Waals surface area contributed by atoms with Crippen molar-refractivity contribution in [2.45, 2.75) is 6.92 Å². The van der Waals surface area contributed by atoms with Crippen LogP contribution in [0.1, 0.15) is 32.2 Å². The fraction of sp³-hybridized carbons (Fsp3) is 0.0435. The summed E-state index contributed by atoms with van der Waals surface area (Å²) in [5.74, 6) is -0.755. The van der Waals surface area contributed by atoms with E-state index < -0.39 is 11.8 Å². The van der Waals surface area contributed by atoms with E-state index in [-0.39, 0.29) is 11.5 Å². The Morgan fingerprint density at radius 1 is 0.933 bits per heavy atom. The lowest BCUT2D eigenvalue weighted by molar-refractivity contribution is 0.101. The number of fused-ring (bicyclic) bond motifs is 1. The highest BCUT2D eigenvalue weighted by atomic mass is 16.2.